The predicted octanol–water partition coefficient (Wildman–Crippen LogP) is 2.75. The quantitative estimate of drug-likeness (QED) is 0.760. The maximum absolute atomic E-state index is 5.02. The lowest BCUT2D eigenvalue weighted by Crippen LogP contribution is -2.15. The summed E-state index contributed by atoms with van der Waals surface area (Å²) >= 11 is 0. The maximum Gasteiger partial charge on any atom is 0.0702 e. The Morgan fingerprint density at radius 1 is 1.22 bits per heavy atom. The van der Waals surface area contributed by atoms with Gasteiger partial charge in [-0.15, -0.1) is 0 Å². The fraction of sp³-hybridized carbons (Fsp3) is 0.400. The van der Waals surface area contributed by atoms with Gasteiger partial charge in [0.05, 0.1) is 5.52 Å². The van der Waals surface area contributed by atoms with Crippen LogP contribution in [0.5, 0.6) is 0 Å². The van der Waals surface area contributed by atoms with Crippen molar-refractivity contribution < 1.29 is 4.74 Å². The molecule has 0 saturated heterocycles. The molecule has 96 valence electrons. The van der Waals surface area contributed by atoms with Crippen molar-refractivity contribution in [1.82, 2.24) is 10.3 Å². The first kappa shape index (κ1) is 13.0. The minimum absolute atomic E-state index is 0.851. The molecule has 1 aromatic carbocycles. The Labute approximate surface area is 108 Å². The molecule has 2 rings (SSSR count). The van der Waals surface area contributed by atoms with E-state index in [4.69, 9.17) is 4.74 Å². The number of benzene rings is 1. The van der Waals surface area contributed by atoms with Crippen LogP contribution in [0.3, 0.4) is 0 Å². The largest absolute Gasteiger partial charge is 0.385 e. The number of pyridine rings is 1. The van der Waals surface area contributed by atoms with E-state index in [0.29, 0.717) is 0 Å². The van der Waals surface area contributed by atoms with Crippen LogP contribution in [0.15, 0.2) is 36.5 Å². The maximum atomic E-state index is 5.02. The van der Waals surface area contributed by atoms with Gasteiger partial charge in [0.2, 0.25) is 0 Å². The van der Waals surface area contributed by atoms with Gasteiger partial charge >= 0.3 is 0 Å². The summed E-state index contributed by atoms with van der Waals surface area (Å²) in [7, 11) is 1.75. The molecular weight excluding hydrogens is 224 g/mol. The highest BCUT2D eigenvalue weighted by molar-refractivity contribution is 5.78. The van der Waals surface area contributed by atoms with E-state index in [1.54, 1.807) is 7.11 Å². The van der Waals surface area contributed by atoms with Crippen LogP contribution in [-0.4, -0.2) is 25.2 Å². The molecule has 3 heteroatoms. The van der Waals surface area contributed by atoms with Crippen LogP contribution in [-0.2, 0) is 11.3 Å². The van der Waals surface area contributed by atoms with Gasteiger partial charge in [-0.25, -0.2) is 0 Å². The third-order valence-corrected chi connectivity index (χ3v) is 2.95. The lowest BCUT2D eigenvalue weighted by atomic mass is 10.1. The van der Waals surface area contributed by atoms with E-state index in [0.717, 1.165) is 38.1 Å². The lowest BCUT2D eigenvalue weighted by Gasteiger charge is -2.06. The van der Waals surface area contributed by atoms with E-state index < -0.39 is 0 Å². The summed E-state index contributed by atoms with van der Waals surface area (Å²) in [6.07, 6.45) is 4.10. The van der Waals surface area contributed by atoms with Crippen molar-refractivity contribution in [3.63, 3.8) is 0 Å². The Bertz CT molecular complexity index is 485. The molecule has 0 unspecified atom stereocenters. The first-order valence-corrected chi connectivity index (χ1v) is 6.43. The van der Waals surface area contributed by atoms with Crippen molar-refractivity contribution in [3.05, 3.63) is 42.1 Å². The van der Waals surface area contributed by atoms with Crippen LogP contribution >= 0.6 is 0 Å². The molecule has 2 aromatic rings. The van der Waals surface area contributed by atoms with E-state index in [-0.39, 0.29) is 0 Å². The summed E-state index contributed by atoms with van der Waals surface area (Å²) in [5, 5.41) is 4.65. The van der Waals surface area contributed by atoms with E-state index in [1.807, 2.05) is 12.3 Å². The average Bonchev–Trinajstić information content (AvgIpc) is 2.42. The van der Waals surface area contributed by atoms with Gasteiger partial charge in [0.25, 0.3) is 0 Å². The molecule has 0 fully saturated rings. The van der Waals surface area contributed by atoms with Gasteiger partial charge in [0.15, 0.2) is 0 Å². The van der Waals surface area contributed by atoms with Crippen molar-refractivity contribution in [2.45, 2.75) is 19.4 Å². The Hall–Kier alpha value is -1.45. The van der Waals surface area contributed by atoms with Gasteiger partial charge in [-0.05, 0) is 43.1 Å². The number of nitrogens with zero attached hydrogens (tertiary/aromatic N) is 1. The zero-order chi connectivity index (χ0) is 12.6. The molecule has 0 spiro atoms. The molecule has 0 amide bonds. The number of hydrogen-bond donors (Lipinski definition) is 1. The molecule has 0 saturated carbocycles. The van der Waals surface area contributed by atoms with E-state index >= 15 is 0 Å². The summed E-state index contributed by atoms with van der Waals surface area (Å²) in [5.41, 5.74) is 2.36. The summed E-state index contributed by atoms with van der Waals surface area (Å²) in [4.78, 5) is 4.32. The fourth-order valence-corrected chi connectivity index (χ4v) is 1.96. The lowest BCUT2D eigenvalue weighted by molar-refractivity contribution is 0.192. The van der Waals surface area contributed by atoms with Crippen LogP contribution in [0, 0.1) is 0 Å². The van der Waals surface area contributed by atoms with Crippen LogP contribution in [0.25, 0.3) is 10.9 Å². The highest BCUT2D eigenvalue weighted by Crippen LogP contribution is 2.12. The third kappa shape index (κ3) is 3.79. The molecule has 0 aliphatic heterocycles. The Morgan fingerprint density at radius 2 is 2.17 bits per heavy atom. The third-order valence-electron chi connectivity index (χ3n) is 2.95. The van der Waals surface area contributed by atoms with E-state index in [2.05, 4.69) is 34.6 Å². The molecule has 0 atom stereocenters. The summed E-state index contributed by atoms with van der Waals surface area (Å²) < 4.78 is 5.02. The van der Waals surface area contributed by atoms with Crippen LogP contribution in [0.2, 0.25) is 0 Å². The topological polar surface area (TPSA) is 34.1 Å². The van der Waals surface area contributed by atoms with Gasteiger partial charge in [-0.3, -0.25) is 4.98 Å². The zero-order valence-corrected chi connectivity index (χ0v) is 10.9. The summed E-state index contributed by atoms with van der Waals surface area (Å²) in [6.45, 7) is 2.80. The van der Waals surface area contributed by atoms with Gasteiger partial charge in [-0.1, -0.05) is 12.1 Å². The Morgan fingerprint density at radius 3 is 3.06 bits per heavy atom. The SMILES string of the molecule is COCCCCNCc1ccc2ncccc2c1. The second kappa shape index (κ2) is 7.09. The van der Waals surface area contributed by atoms with Crippen LogP contribution in [0.4, 0.5) is 0 Å². The molecule has 0 aliphatic carbocycles. The number of nitrogens with one attached hydrogen (secondary N) is 1. The molecule has 0 radical (unpaired) electrons. The fourth-order valence-electron chi connectivity index (χ4n) is 1.96. The van der Waals surface area contributed by atoms with E-state index in [9.17, 15) is 0 Å². The highest BCUT2D eigenvalue weighted by Gasteiger charge is 1.96. The second-order valence-electron chi connectivity index (χ2n) is 4.41. The van der Waals surface area contributed by atoms with E-state index in [1.165, 1.54) is 10.9 Å². The van der Waals surface area contributed by atoms with Gasteiger partial charge in [-0.2, -0.15) is 0 Å². The Balaban J connectivity index is 1.81. The van der Waals surface area contributed by atoms with Crippen molar-refractivity contribution in [3.8, 4) is 0 Å². The number of fused-ring (bicyclic) bond motifs is 1. The first-order valence-electron chi connectivity index (χ1n) is 6.43. The number of methoxy groups -OCH3 is 1. The minimum atomic E-state index is 0.851. The van der Waals surface area contributed by atoms with Crippen molar-refractivity contribution >= 4 is 10.9 Å². The average molecular weight is 244 g/mol. The molecule has 1 aromatic heterocycles. The number of ether oxygens (including phenoxy) is 1. The summed E-state index contributed by atoms with van der Waals surface area (Å²) in [5.74, 6) is 0. The van der Waals surface area contributed by atoms with Gasteiger partial charge in [0, 0.05) is 31.8 Å². The second-order valence-corrected chi connectivity index (χ2v) is 4.41. The van der Waals surface area contributed by atoms with Crippen molar-refractivity contribution in [1.29, 1.82) is 0 Å². The summed E-state index contributed by atoms with van der Waals surface area (Å²) in [6, 6.07) is 10.5. The molecule has 1 heterocycles. The Kier molecular flexibility index (Phi) is 5.12. The number of aromatic nitrogens is 1. The van der Waals surface area contributed by atoms with Crippen LogP contribution in [0.1, 0.15) is 18.4 Å². The van der Waals surface area contributed by atoms with Gasteiger partial charge < -0.3 is 10.1 Å². The molecule has 0 bridgehead atoms. The molecule has 18 heavy (non-hydrogen) atoms. The number of unbranched alkanes of at least 4 members (excludes halogenated alkanes) is 1. The predicted molar refractivity (Wildman–Crippen MR) is 74.6 cm³/mol. The smallest absolute Gasteiger partial charge is 0.0702 e. The normalized spacial score (nSPS) is 10.9. The molecule has 1 N–H and O–H groups in total. The highest BCUT2D eigenvalue weighted by atomic mass is 16.5. The minimum Gasteiger partial charge on any atom is -0.385 e. The van der Waals surface area contributed by atoms with Crippen LogP contribution < -0.4 is 5.32 Å². The standard InChI is InChI=1S/C15H20N2O/c1-18-10-3-2-8-16-12-13-6-7-15-14(11-13)5-4-9-17-15/h4-7,9,11,16H,2-3,8,10,12H2,1H3. The number of hydrogen-bond acceptors (Lipinski definition) is 3. The molecule has 3 nitrogen and oxygen atoms in total. The monoisotopic (exact) mass is 244 g/mol. The van der Waals surface area contributed by atoms with Gasteiger partial charge in [0.1, 0.15) is 0 Å². The zero-order valence-electron chi connectivity index (χ0n) is 10.9. The van der Waals surface area contributed by atoms with Crippen molar-refractivity contribution in [2.75, 3.05) is 20.3 Å². The molecule has 0 aliphatic rings. The number of rotatable bonds is 7. The first-order chi connectivity index (χ1) is 8.90. The van der Waals surface area contributed by atoms with Crippen molar-refractivity contribution in [2.24, 2.45) is 0 Å². The molecular formula is C15H20N2O.